The van der Waals surface area contributed by atoms with Gasteiger partial charge < -0.3 is 18.8 Å². The molecule has 2 aromatic carbocycles. The van der Waals surface area contributed by atoms with E-state index in [2.05, 4.69) is 5.10 Å². The average molecular weight is 472 g/mol. The highest BCUT2D eigenvalue weighted by molar-refractivity contribution is 6.00. The smallest absolute Gasteiger partial charge is 0.338 e. The van der Waals surface area contributed by atoms with Gasteiger partial charge in [0.05, 0.1) is 16.9 Å². The van der Waals surface area contributed by atoms with Gasteiger partial charge in [-0.05, 0) is 76.2 Å². The van der Waals surface area contributed by atoms with E-state index in [1.165, 1.54) is 0 Å². The summed E-state index contributed by atoms with van der Waals surface area (Å²) in [6.45, 7) is 7.54. The third-order valence-corrected chi connectivity index (χ3v) is 6.04. The molecule has 8 nitrogen and oxygen atoms in total. The predicted molar refractivity (Wildman–Crippen MR) is 129 cm³/mol. The monoisotopic (exact) mass is 471 g/mol. The van der Waals surface area contributed by atoms with Gasteiger partial charge in [0.25, 0.3) is 0 Å². The molecule has 0 saturated heterocycles. The fourth-order valence-corrected chi connectivity index (χ4v) is 4.39. The largest absolute Gasteiger partial charge is 0.454 e. The molecular formula is C27H25N3O5. The third-order valence-electron chi connectivity index (χ3n) is 6.04. The number of fused-ring (bicyclic) bond motifs is 1. The van der Waals surface area contributed by atoms with E-state index < -0.39 is 5.97 Å². The first-order chi connectivity index (χ1) is 16.8. The van der Waals surface area contributed by atoms with Gasteiger partial charge in [-0.15, -0.1) is 0 Å². The van der Waals surface area contributed by atoms with Crippen molar-refractivity contribution in [3.05, 3.63) is 88.5 Å². The Balaban J connectivity index is 1.28. The highest BCUT2D eigenvalue weighted by Gasteiger charge is 2.21. The lowest BCUT2D eigenvalue weighted by atomic mass is 10.1. The molecule has 0 spiro atoms. The fraction of sp³-hybridized carbons (Fsp3) is 0.222. The van der Waals surface area contributed by atoms with E-state index in [1.54, 1.807) is 30.3 Å². The van der Waals surface area contributed by atoms with Gasteiger partial charge in [0.2, 0.25) is 12.6 Å². The van der Waals surface area contributed by atoms with Gasteiger partial charge in [0, 0.05) is 34.4 Å². The summed E-state index contributed by atoms with van der Waals surface area (Å²) in [6, 6.07) is 16.4. The number of Topliss-reactive ketones (excluding diaryl/α,β-unsaturated/α-hetero) is 1. The molecule has 0 saturated carbocycles. The molecule has 0 fully saturated rings. The van der Waals surface area contributed by atoms with E-state index in [-0.39, 0.29) is 19.2 Å². The minimum absolute atomic E-state index is 0.197. The van der Waals surface area contributed by atoms with Crippen molar-refractivity contribution in [3.63, 3.8) is 0 Å². The zero-order chi connectivity index (χ0) is 24.7. The number of aryl methyl sites for hydroxylation is 3. The second-order valence-electron chi connectivity index (χ2n) is 8.54. The molecule has 2 aromatic heterocycles. The molecule has 0 amide bonds. The van der Waals surface area contributed by atoms with Gasteiger partial charge in [0.15, 0.2) is 18.1 Å². The maximum absolute atomic E-state index is 12.9. The summed E-state index contributed by atoms with van der Waals surface area (Å²) in [7, 11) is 0. The maximum Gasteiger partial charge on any atom is 0.338 e. The molecule has 0 atom stereocenters. The molecular weight excluding hydrogens is 446 g/mol. The van der Waals surface area contributed by atoms with Crippen molar-refractivity contribution in [2.24, 2.45) is 0 Å². The van der Waals surface area contributed by atoms with Crippen LogP contribution < -0.4 is 9.47 Å². The molecule has 4 aromatic rings. The van der Waals surface area contributed by atoms with Gasteiger partial charge >= 0.3 is 5.97 Å². The van der Waals surface area contributed by atoms with Crippen molar-refractivity contribution in [1.82, 2.24) is 14.3 Å². The minimum Gasteiger partial charge on any atom is -0.454 e. The predicted octanol–water partition coefficient (Wildman–Crippen LogP) is 4.67. The lowest BCUT2D eigenvalue weighted by Crippen LogP contribution is -2.15. The normalized spacial score (nSPS) is 12.1. The minimum atomic E-state index is -0.553. The first-order valence-corrected chi connectivity index (χ1v) is 11.2. The summed E-state index contributed by atoms with van der Waals surface area (Å²) in [5.41, 5.74) is 6.15. The Bertz CT molecular complexity index is 1450. The van der Waals surface area contributed by atoms with Crippen molar-refractivity contribution in [2.75, 3.05) is 13.4 Å². The molecule has 8 heteroatoms. The van der Waals surface area contributed by atoms with Crippen molar-refractivity contribution in [1.29, 1.82) is 0 Å². The SMILES string of the molecule is Cc1cc(C)n(-c2ccc(C(=O)OCC(=O)c3cc(C)n(-c4ccc5c(c4)OCO5)c3C)cc2)n1. The molecule has 1 aliphatic rings. The summed E-state index contributed by atoms with van der Waals surface area (Å²) in [6.07, 6.45) is 0. The Hall–Kier alpha value is -4.33. The number of esters is 1. The Morgan fingerprint density at radius 3 is 2.31 bits per heavy atom. The van der Waals surface area contributed by atoms with Crippen LogP contribution in [-0.4, -0.2) is 39.5 Å². The number of ketones is 1. The number of nitrogens with zero attached hydrogens (tertiary/aromatic N) is 3. The van der Waals surface area contributed by atoms with Crippen LogP contribution in [-0.2, 0) is 4.74 Å². The van der Waals surface area contributed by atoms with Crippen LogP contribution >= 0.6 is 0 Å². The van der Waals surface area contributed by atoms with E-state index in [0.29, 0.717) is 22.6 Å². The molecule has 5 rings (SSSR count). The van der Waals surface area contributed by atoms with Crippen molar-refractivity contribution < 1.29 is 23.8 Å². The Kier molecular flexibility index (Phi) is 5.64. The van der Waals surface area contributed by atoms with Crippen LogP contribution in [0.4, 0.5) is 0 Å². The van der Waals surface area contributed by atoms with Crippen LogP contribution in [0.3, 0.4) is 0 Å². The standard InChI is InChI=1S/C27H25N3O5/c1-16-11-18(3)30(28-16)21-7-5-20(6-8-21)27(32)33-14-24(31)23-12-17(2)29(19(23)4)22-9-10-25-26(13-22)35-15-34-25/h5-13H,14-15H2,1-4H3. The van der Waals surface area contributed by atoms with Crippen LogP contribution in [0.25, 0.3) is 11.4 Å². The van der Waals surface area contributed by atoms with E-state index in [4.69, 9.17) is 14.2 Å². The van der Waals surface area contributed by atoms with E-state index in [9.17, 15) is 9.59 Å². The van der Waals surface area contributed by atoms with Gasteiger partial charge in [0.1, 0.15) is 0 Å². The summed E-state index contributed by atoms with van der Waals surface area (Å²) >= 11 is 0. The molecule has 35 heavy (non-hydrogen) atoms. The number of carbonyl (C=O) groups is 2. The zero-order valence-corrected chi connectivity index (χ0v) is 20.0. The Labute approximate surface area is 202 Å². The van der Waals surface area contributed by atoms with Gasteiger partial charge in [-0.25, -0.2) is 9.48 Å². The van der Waals surface area contributed by atoms with Crippen LogP contribution in [0.2, 0.25) is 0 Å². The van der Waals surface area contributed by atoms with Crippen LogP contribution in [0.1, 0.15) is 43.5 Å². The molecule has 0 unspecified atom stereocenters. The van der Waals surface area contributed by atoms with Crippen LogP contribution in [0, 0.1) is 27.7 Å². The quantitative estimate of drug-likeness (QED) is 0.300. The van der Waals surface area contributed by atoms with Crippen LogP contribution in [0.5, 0.6) is 11.5 Å². The number of hydrogen-bond acceptors (Lipinski definition) is 6. The van der Waals surface area contributed by atoms with Gasteiger partial charge in [-0.3, -0.25) is 4.79 Å². The van der Waals surface area contributed by atoms with E-state index >= 15 is 0 Å². The second-order valence-corrected chi connectivity index (χ2v) is 8.54. The molecule has 0 radical (unpaired) electrons. The van der Waals surface area contributed by atoms with E-state index in [1.807, 2.05) is 61.2 Å². The number of rotatable bonds is 6. The molecule has 3 heterocycles. The average Bonchev–Trinajstić information content (AvgIpc) is 3.53. The first-order valence-electron chi connectivity index (χ1n) is 11.2. The second kappa shape index (κ2) is 8.79. The summed E-state index contributed by atoms with van der Waals surface area (Å²) < 4.78 is 20.0. The number of hydrogen-bond donors (Lipinski definition) is 0. The molecule has 178 valence electrons. The van der Waals surface area contributed by atoms with Gasteiger partial charge in [-0.1, -0.05) is 0 Å². The van der Waals surface area contributed by atoms with Gasteiger partial charge in [-0.2, -0.15) is 5.10 Å². The highest BCUT2D eigenvalue weighted by Crippen LogP contribution is 2.35. The summed E-state index contributed by atoms with van der Waals surface area (Å²) in [5, 5.41) is 4.44. The molecule has 0 aliphatic carbocycles. The number of ether oxygens (including phenoxy) is 3. The third kappa shape index (κ3) is 4.19. The summed E-state index contributed by atoms with van der Waals surface area (Å²) in [5.74, 6) is 0.545. The van der Waals surface area contributed by atoms with Crippen molar-refractivity contribution >= 4 is 11.8 Å². The van der Waals surface area contributed by atoms with Crippen molar-refractivity contribution in [2.45, 2.75) is 27.7 Å². The topological polar surface area (TPSA) is 84.6 Å². The highest BCUT2D eigenvalue weighted by atomic mass is 16.7. The van der Waals surface area contributed by atoms with Crippen molar-refractivity contribution in [3.8, 4) is 22.9 Å². The molecule has 0 N–H and O–H groups in total. The number of carbonyl (C=O) groups excluding carboxylic acids is 2. The number of benzene rings is 2. The van der Waals surface area contributed by atoms with Crippen LogP contribution in [0.15, 0.2) is 54.6 Å². The zero-order valence-electron chi connectivity index (χ0n) is 20.0. The Morgan fingerprint density at radius 1 is 0.886 bits per heavy atom. The lowest BCUT2D eigenvalue weighted by Gasteiger charge is -2.11. The maximum atomic E-state index is 12.9. The van der Waals surface area contributed by atoms with E-state index in [0.717, 1.165) is 34.2 Å². The lowest BCUT2D eigenvalue weighted by molar-refractivity contribution is 0.0474. The molecule has 1 aliphatic heterocycles. The fourth-order valence-electron chi connectivity index (χ4n) is 4.39. The molecule has 0 bridgehead atoms. The number of aromatic nitrogens is 3. The summed E-state index contributed by atoms with van der Waals surface area (Å²) in [4.78, 5) is 25.5. The Morgan fingerprint density at radius 2 is 1.60 bits per heavy atom. The first kappa shape index (κ1) is 22.5.